The van der Waals surface area contributed by atoms with E-state index < -0.39 is 54.1 Å². The summed E-state index contributed by atoms with van der Waals surface area (Å²) in [5.74, 6) is -0.0684. The van der Waals surface area contributed by atoms with E-state index in [1.54, 1.807) is 5.48 Å². The highest BCUT2D eigenvalue weighted by Crippen LogP contribution is 2.66. The van der Waals surface area contributed by atoms with Crippen molar-refractivity contribution in [1.29, 1.82) is 0 Å². The van der Waals surface area contributed by atoms with Gasteiger partial charge in [-0.25, -0.2) is 28.6 Å². The SMILES string of the molecule is C[C@@]1(O)[C@H](O)[C@@H](COP(=O)(O)OP(=O)(O)OP(=O)(O)O)O[C@H]1n1cnc2c(NO)ncnc21. The van der Waals surface area contributed by atoms with Gasteiger partial charge in [0.15, 0.2) is 23.2 Å². The second-order valence-electron chi connectivity index (χ2n) is 6.74. The number of anilines is 1. The predicted molar refractivity (Wildman–Crippen MR) is 101 cm³/mol. The van der Waals surface area contributed by atoms with Gasteiger partial charge in [-0.05, 0) is 6.92 Å². The van der Waals surface area contributed by atoms with Gasteiger partial charge in [0, 0.05) is 0 Å². The van der Waals surface area contributed by atoms with E-state index in [0.717, 1.165) is 19.6 Å². The topological polar surface area (TPSA) is 285 Å². The number of aromatic nitrogens is 4. The highest BCUT2D eigenvalue weighted by atomic mass is 31.3. The first kappa shape index (κ1) is 26.2. The quantitative estimate of drug-likeness (QED) is 0.140. The normalized spacial score (nSPS) is 29.6. The third-order valence-corrected chi connectivity index (χ3v) is 8.09. The summed E-state index contributed by atoms with van der Waals surface area (Å²) < 4.78 is 52.2. The minimum Gasteiger partial charge on any atom is -0.387 e. The van der Waals surface area contributed by atoms with E-state index in [1.165, 1.54) is 4.57 Å². The van der Waals surface area contributed by atoms with Gasteiger partial charge in [-0.2, -0.15) is 8.62 Å². The van der Waals surface area contributed by atoms with Crippen molar-refractivity contribution in [2.45, 2.75) is 31.0 Å². The molecule has 22 heteroatoms. The highest BCUT2D eigenvalue weighted by Gasteiger charge is 2.54. The Balaban J connectivity index is 1.76. The average Bonchev–Trinajstić information content (AvgIpc) is 3.16. The van der Waals surface area contributed by atoms with Crippen LogP contribution in [0.4, 0.5) is 5.82 Å². The molecule has 186 valence electrons. The maximum absolute atomic E-state index is 11.9. The molecule has 1 fully saturated rings. The molecule has 19 nitrogen and oxygen atoms in total. The van der Waals surface area contributed by atoms with Gasteiger partial charge in [0.2, 0.25) is 0 Å². The zero-order valence-electron chi connectivity index (χ0n) is 16.2. The molecule has 1 aliphatic heterocycles. The molecular weight excluding hydrogens is 519 g/mol. The van der Waals surface area contributed by atoms with Crippen LogP contribution in [-0.2, 0) is 31.6 Å². The van der Waals surface area contributed by atoms with Crippen LogP contribution in [0, 0.1) is 0 Å². The number of ether oxygens (including phenoxy) is 1. The summed E-state index contributed by atoms with van der Waals surface area (Å²) in [6.07, 6.45) is -2.47. The number of aliphatic hydroxyl groups is 2. The summed E-state index contributed by atoms with van der Waals surface area (Å²) in [7, 11) is -16.8. The number of aliphatic hydroxyl groups excluding tert-OH is 1. The lowest BCUT2D eigenvalue weighted by molar-refractivity contribution is -0.0949. The molecule has 0 spiro atoms. The first-order chi connectivity index (χ1) is 15.1. The smallest absolute Gasteiger partial charge is 0.387 e. The van der Waals surface area contributed by atoms with Crippen LogP contribution in [0.1, 0.15) is 13.2 Å². The third-order valence-electron chi connectivity index (χ3n) is 4.29. The maximum Gasteiger partial charge on any atom is 0.490 e. The molecule has 1 saturated heterocycles. The number of rotatable bonds is 9. The lowest BCUT2D eigenvalue weighted by Crippen LogP contribution is -2.44. The predicted octanol–water partition coefficient (Wildman–Crippen LogP) is -1.02. The number of hydrogen-bond donors (Lipinski definition) is 8. The summed E-state index contributed by atoms with van der Waals surface area (Å²) in [4.78, 5) is 47.4. The van der Waals surface area contributed by atoms with E-state index in [1.807, 2.05) is 0 Å². The number of nitrogens with one attached hydrogen (secondary N) is 1. The van der Waals surface area contributed by atoms with E-state index in [4.69, 9.17) is 24.6 Å². The monoisotopic (exact) mass is 537 g/mol. The van der Waals surface area contributed by atoms with Gasteiger partial charge in [-0.3, -0.25) is 19.8 Å². The molecule has 0 saturated carbocycles. The van der Waals surface area contributed by atoms with Crippen molar-refractivity contribution < 1.29 is 66.6 Å². The lowest BCUT2D eigenvalue weighted by Gasteiger charge is -2.27. The molecule has 2 aromatic rings. The minimum absolute atomic E-state index is 0.0626. The molecular formula is C11H18N5O14P3. The van der Waals surface area contributed by atoms with Crippen molar-refractivity contribution >= 4 is 40.4 Å². The number of hydrogen-bond acceptors (Lipinski definition) is 14. The van der Waals surface area contributed by atoms with Crippen LogP contribution in [0.2, 0.25) is 0 Å². The minimum atomic E-state index is -5.73. The summed E-state index contributed by atoms with van der Waals surface area (Å²) in [6, 6.07) is 0. The molecule has 33 heavy (non-hydrogen) atoms. The van der Waals surface area contributed by atoms with Gasteiger partial charge in [-0.1, -0.05) is 0 Å². The molecule has 0 aliphatic carbocycles. The fourth-order valence-electron chi connectivity index (χ4n) is 2.95. The first-order valence-electron chi connectivity index (χ1n) is 8.48. The zero-order valence-corrected chi connectivity index (χ0v) is 18.9. The Bertz CT molecular complexity index is 1170. The Morgan fingerprint density at radius 1 is 1.15 bits per heavy atom. The van der Waals surface area contributed by atoms with Crippen LogP contribution in [0.25, 0.3) is 11.2 Å². The van der Waals surface area contributed by atoms with Gasteiger partial charge in [0.05, 0.1) is 12.9 Å². The van der Waals surface area contributed by atoms with Crippen molar-refractivity contribution in [3.8, 4) is 0 Å². The van der Waals surface area contributed by atoms with E-state index in [9.17, 15) is 28.8 Å². The van der Waals surface area contributed by atoms with E-state index in [-0.39, 0.29) is 17.0 Å². The number of fused-ring (bicyclic) bond motifs is 1. The van der Waals surface area contributed by atoms with Crippen LogP contribution in [0.5, 0.6) is 0 Å². The Morgan fingerprint density at radius 3 is 2.42 bits per heavy atom. The van der Waals surface area contributed by atoms with Gasteiger partial charge in [-0.15, -0.1) is 0 Å². The fraction of sp³-hybridized carbons (Fsp3) is 0.545. The molecule has 2 aromatic heterocycles. The molecule has 0 amide bonds. The number of phosphoric acid groups is 3. The van der Waals surface area contributed by atoms with E-state index in [2.05, 4.69) is 28.1 Å². The van der Waals surface area contributed by atoms with E-state index in [0.29, 0.717) is 0 Å². The molecule has 0 aromatic carbocycles. The van der Waals surface area contributed by atoms with Crippen LogP contribution < -0.4 is 5.48 Å². The summed E-state index contributed by atoms with van der Waals surface area (Å²) in [5, 5.41) is 30.3. The second-order valence-corrected chi connectivity index (χ2v) is 11.2. The highest BCUT2D eigenvalue weighted by molar-refractivity contribution is 7.66. The Hall–Kier alpha value is -1.40. The molecule has 2 unspecified atom stereocenters. The summed E-state index contributed by atoms with van der Waals surface area (Å²) >= 11 is 0. The van der Waals surface area contributed by atoms with Crippen molar-refractivity contribution in [1.82, 2.24) is 19.5 Å². The molecule has 3 rings (SSSR count). The van der Waals surface area contributed by atoms with Crippen molar-refractivity contribution in [3.63, 3.8) is 0 Å². The molecule has 1 aliphatic rings. The summed E-state index contributed by atoms with van der Waals surface area (Å²) in [5.41, 5.74) is -0.116. The lowest BCUT2D eigenvalue weighted by atomic mass is 9.96. The van der Waals surface area contributed by atoms with Crippen LogP contribution in [0.3, 0.4) is 0 Å². The second kappa shape index (κ2) is 8.99. The van der Waals surface area contributed by atoms with Crippen LogP contribution >= 0.6 is 23.5 Å². The first-order valence-corrected chi connectivity index (χ1v) is 13.0. The van der Waals surface area contributed by atoms with Crippen LogP contribution in [0.15, 0.2) is 12.7 Å². The Kier molecular flexibility index (Phi) is 7.14. The molecule has 3 heterocycles. The van der Waals surface area contributed by atoms with Gasteiger partial charge in [0.1, 0.15) is 24.1 Å². The van der Waals surface area contributed by atoms with Crippen molar-refractivity contribution in [2.24, 2.45) is 0 Å². The van der Waals surface area contributed by atoms with Gasteiger partial charge >= 0.3 is 23.5 Å². The van der Waals surface area contributed by atoms with Gasteiger partial charge < -0.3 is 34.5 Å². The van der Waals surface area contributed by atoms with Crippen molar-refractivity contribution in [2.75, 3.05) is 12.1 Å². The molecule has 6 atom stereocenters. The summed E-state index contributed by atoms with van der Waals surface area (Å²) in [6.45, 7) is 0.161. The average molecular weight is 537 g/mol. The third kappa shape index (κ3) is 5.82. The molecule has 8 N–H and O–H groups in total. The Morgan fingerprint density at radius 2 is 1.82 bits per heavy atom. The zero-order chi connectivity index (χ0) is 24.8. The Labute approximate surface area is 183 Å². The number of imidazole rings is 1. The fourth-order valence-corrected chi connectivity index (χ4v) is 5.98. The standard InChI is InChI=1S/C11H18N5O14P3/c1-11(18)7(17)5(2-27-32(23,24)30-33(25,26)29-31(20,21)22)28-10(11)16-4-14-6-8(15-19)12-3-13-9(6)16/h3-5,7,10,17-19H,2H2,1H3,(H,23,24)(H,25,26)(H,12,13,15)(H2,20,21,22)/t5-,7-,10-,11-/m1/s1. The molecule has 0 bridgehead atoms. The maximum atomic E-state index is 11.9. The van der Waals surface area contributed by atoms with Crippen molar-refractivity contribution in [3.05, 3.63) is 12.7 Å². The van der Waals surface area contributed by atoms with Crippen LogP contribution in [-0.4, -0.2) is 78.9 Å². The van der Waals surface area contributed by atoms with Gasteiger partial charge in [0.25, 0.3) is 0 Å². The largest absolute Gasteiger partial charge is 0.490 e. The number of phosphoric ester groups is 1. The molecule has 0 radical (unpaired) electrons. The van der Waals surface area contributed by atoms with E-state index >= 15 is 0 Å². The number of nitrogens with zero attached hydrogens (tertiary/aromatic N) is 4.